The Bertz CT molecular complexity index is 332. The molecule has 3 heteroatoms. The Balaban J connectivity index is 2.48. The molecule has 0 radical (unpaired) electrons. The van der Waals surface area contributed by atoms with Gasteiger partial charge in [0.15, 0.2) is 5.78 Å². The Kier molecular flexibility index (Phi) is 5.53. The first kappa shape index (κ1) is 13.2. The molecule has 0 aliphatic heterocycles. The van der Waals surface area contributed by atoms with Crippen LogP contribution in [-0.4, -0.2) is 16.5 Å². The van der Waals surface area contributed by atoms with Gasteiger partial charge in [-0.3, -0.25) is 9.78 Å². The molecule has 0 aromatic carbocycles. The largest absolute Gasteiger partial charge is 0.292 e. The maximum absolute atomic E-state index is 11.4. The van der Waals surface area contributed by atoms with Gasteiger partial charge in [-0.15, -0.1) is 11.8 Å². The SMILES string of the molecule is CCC(=O)c1ccc(SCCC(C)C)cn1. The van der Waals surface area contributed by atoms with E-state index in [1.807, 2.05) is 19.1 Å². The number of carbonyl (C=O) groups is 1. The number of hydrogen-bond acceptors (Lipinski definition) is 3. The first-order valence-corrected chi connectivity index (χ1v) is 6.74. The molecule has 0 fully saturated rings. The van der Waals surface area contributed by atoms with Crippen LogP contribution in [0.2, 0.25) is 0 Å². The predicted molar refractivity (Wildman–Crippen MR) is 69.0 cm³/mol. The molecule has 0 aliphatic carbocycles. The minimum absolute atomic E-state index is 0.110. The van der Waals surface area contributed by atoms with Gasteiger partial charge in [-0.1, -0.05) is 20.8 Å². The summed E-state index contributed by atoms with van der Waals surface area (Å²) >= 11 is 1.80. The highest BCUT2D eigenvalue weighted by Gasteiger charge is 2.04. The molecule has 88 valence electrons. The summed E-state index contributed by atoms with van der Waals surface area (Å²) in [5.41, 5.74) is 0.579. The molecule has 0 amide bonds. The maximum atomic E-state index is 11.4. The summed E-state index contributed by atoms with van der Waals surface area (Å²) in [5.74, 6) is 1.96. The molecule has 2 nitrogen and oxygen atoms in total. The second-order valence-corrected chi connectivity index (χ2v) is 5.36. The van der Waals surface area contributed by atoms with E-state index in [-0.39, 0.29) is 5.78 Å². The van der Waals surface area contributed by atoms with Crippen molar-refractivity contribution in [1.82, 2.24) is 4.98 Å². The molecule has 0 atom stereocenters. The fourth-order valence-electron chi connectivity index (χ4n) is 1.22. The molecule has 0 aliphatic rings. The second-order valence-electron chi connectivity index (χ2n) is 4.19. The average molecular weight is 237 g/mol. The van der Waals surface area contributed by atoms with E-state index in [1.54, 1.807) is 18.0 Å². The number of hydrogen-bond donors (Lipinski definition) is 0. The fourth-order valence-corrected chi connectivity index (χ4v) is 2.34. The molecule has 0 unspecified atom stereocenters. The highest BCUT2D eigenvalue weighted by Crippen LogP contribution is 2.19. The third kappa shape index (κ3) is 4.35. The van der Waals surface area contributed by atoms with Crippen LogP contribution < -0.4 is 0 Å². The summed E-state index contributed by atoms with van der Waals surface area (Å²) in [6.07, 6.45) is 3.53. The van der Waals surface area contributed by atoms with Crippen molar-refractivity contribution >= 4 is 17.5 Å². The third-order valence-corrected chi connectivity index (χ3v) is 3.32. The van der Waals surface area contributed by atoms with E-state index in [9.17, 15) is 4.79 Å². The monoisotopic (exact) mass is 237 g/mol. The quantitative estimate of drug-likeness (QED) is 0.556. The van der Waals surface area contributed by atoms with E-state index in [0.717, 1.165) is 16.6 Å². The van der Waals surface area contributed by atoms with Crippen LogP contribution in [0.15, 0.2) is 23.2 Å². The Labute approximate surface area is 102 Å². The fraction of sp³-hybridized carbons (Fsp3) is 0.538. The summed E-state index contributed by atoms with van der Waals surface area (Å²) in [6.45, 7) is 6.30. The van der Waals surface area contributed by atoms with Crippen LogP contribution in [0, 0.1) is 5.92 Å². The van der Waals surface area contributed by atoms with E-state index in [0.29, 0.717) is 12.1 Å². The lowest BCUT2D eigenvalue weighted by atomic mass is 10.2. The molecule has 1 aromatic rings. The zero-order chi connectivity index (χ0) is 12.0. The maximum Gasteiger partial charge on any atom is 0.180 e. The Morgan fingerprint density at radius 2 is 2.19 bits per heavy atom. The standard InChI is InChI=1S/C13H19NOS/c1-4-13(15)12-6-5-11(9-14-12)16-8-7-10(2)3/h5-6,9-10H,4,7-8H2,1-3H3. The zero-order valence-corrected chi connectivity index (χ0v) is 11.0. The topological polar surface area (TPSA) is 30.0 Å². The predicted octanol–water partition coefficient (Wildman–Crippen LogP) is 3.81. The van der Waals surface area contributed by atoms with Crippen molar-refractivity contribution in [1.29, 1.82) is 0 Å². The lowest BCUT2D eigenvalue weighted by Gasteiger charge is -2.04. The number of rotatable bonds is 6. The van der Waals surface area contributed by atoms with Crippen molar-refractivity contribution in [2.24, 2.45) is 5.92 Å². The molecule has 0 spiro atoms. The Morgan fingerprint density at radius 1 is 1.44 bits per heavy atom. The number of aromatic nitrogens is 1. The van der Waals surface area contributed by atoms with Crippen molar-refractivity contribution in [3.63, 3.8) is 0 Å². The van der Waals surface area contributed by atoms with E-state index in [1.165, 1.54) is 6.42 Å². The Hall–Kier alpha value is -0.830. The summed E-state index contributed by atoms with van der Waals surface area (Å²) in [7, 11) is 0. The highest BCUT2D eigenvalue weighted by atomic mass is 32.2. The number of carbonyl (C=O) groups excluding carboxylic acids is 1. The number of nitrogens with zero attached hydrogens (tertiary/aromatic N) is 1. The molecule has 1 aromatic heterocycles. The van der Waals surface area contributed by atoms with Gasteiger partial charge in [-0.25, -0.2) is 0 Å². The molecular formula is C13H19NOS. The van der Waals surface area contributed by atoms with Gasteiger partial charge in [0.1, 0.15) is 5.69 Å². The lowest BCUT2D eigenvalue weighted by Crippen LogP contribution is -1.99. The number of ketones is 1. The van der Waals surface area contributed by atoms with Crippen LogP contribution in [-0.2, 0) is 0 Å². The van der Waals surface area contributed by atoms with Gasteiger partial charge in [0.05, 0.1) is 0 Å². The third-order valence-electron chi connectivity index (χ3n) is 2.31. The first-order valence-electron chi connectivity index (χ1n) is 5.75. The number of pyridine rings is 1. The smallest absolute Gasteiger partial charge is 0.180 e. The van der Waals surface area contributed by atoms with Gasteiger partial charge in [-0.2, -0.15) is 0 Å². The zero-order valence-electron chi connectivity index (χ0n) is 10.2. The summed E-state index contributed by atoms with van der Waals surface area (Å²) in [4.78, 5) is 16.7. The van der Waals surface area contributed by atoms with Gasteiger partial charge in [0.2, 0.25) is 0 Å². The van der Waals surface area contributed by atoms with Crippen molar-refractivity contribution in [3.05, 3.63) is 24.0 Å². The van der Waals surface area contributed by atoms with Gasteiger partial charge < -0.3 is 0 Å². The molecule has 0 saturated heterocycles. The number of thioether (sulfide) groups is 1. The van der Waals surface area contributed by atoms with Crippen LogP contribution in [0.1, 0.15) is 44.1 Å². The van der Waals surface area contributed by atoms with Crippen LogP contribution in [0.3, 0.4) is 0 Å². The summed E-state index contributed by atoms with van der Waals surface area (Å²) in [6, 6.07) is 3.81. The molecule has 0 saturated carbocycles. The van der Waals surface area contributed by atoms with Gasteiger partial charge >= 0.3 is 0 Å². The van der Waals surface area contributed by atoms with E-state index in [4.69, 9.17) is 0 Å². The van der Waals surface area contributed by atoms with Crippen LogP contribution in [0.25, 0.3) is 0 Å². The van der Waals surface area contributed by atoms with Crippen molar-refractivity contribution < 1.29 is 4.79 Å². The summed E-state index contributed by atoms with van der Waals surface area (Å²) in [5, 5.41) is 0. The van der Waals surface area contributed by atoms with Gasteiger partial charge in [0.25, 0.3) is 0 Å². The average Bonchev–Trinajstić information content (AvgIpc) is 2.28. The molecule has 16 heavy (non-hydrogen) atoms. The number of Topliss-reactive ketones (excluding diaryl/α,β-unsaturated/α-hetero) is 1. The normalized spacial score (nSPS) is 10.8. The van der Waals surface area contributed by atoms with Crippen LogP contribution in [0.5, 0.6) is 0 Å². The van der Waals surface area contributed by atoms with E-state index in [2.05, 4.69) is 18.8 Å². The highest BCUT2D eigenvalue weighted by molar-refractivity contribution is 7.99. The Morgan fingerprint density at radius 3 is 2.69 bits per heavy atom. The van der Waals surface area contributed by atoms with Gasteiger partial charge in [0, 0.05) is 17.5 Å². The molecule has 1 rings (SSSR count). The van der Waals surface area contributed by atoms with Gasteiger partial charge in [-0.05, 0) is 30.2 Å². The molecule has 1 heterocycles. The lowest BCUT2D eigenvalue weighted by molar-refractivity contribution is 0.0983. The van der Waals surface area contributed by atoms with Crippen LogP contribution in [0.4, 0.5) is 0 Å². The molecule has 0 bridgehead atoms. The first-order chi connectivity index (χ1) is 7.63. The van der Waals surface area contributed by atoms with Crippen molar-refractivity contribution in [2.75, 3.05) is 5.75 Å². The van der Waals surface area contributed by atoms with Crippen molar-refractivity contribution in [2.45, 2.75) is 38.5 Å². The molecular weight excluding hydrogens is 218 g/mol. The summed E-state index contributed by atoms with van der Waals surface area (Å²) < 4.78 is 0. The van der Waals surface area contributed by atoms with E-state index < -0.39 is 0 Å². The second kappa shape index (κ2) is 6.69. The molecule has 0 N–H and O–H groups in total. The van der Waals surface area contributed by atoms with Crippen molar-refractivity contribution in [3.8, 4) is 0 Å². The minimum atomic E-state index is 0.110. The minimum Gasteiger partial charge on any atom is -0.292 e. The van der Waals surface area contributed by atoms with E-state index >= 15 is 0 Å². The van der Waals surface area contributed by atoms with Crippen LogP contribution >= 0.6 is 11.8 Å².